The third-order valence-corrected chi connectivity index (χ3v) is 2.23. The van der Waals surface area contributed by atoms with Crippen LogP contribution in [0, 0.1) is 0 Å². The summed E-state index contributed by atoms with van der Waals surface area (Å²) in [6.07, 6.45) is 0. The number of hydrogen-bond donors (Lipinski definition) is 0. The van der Waals surface area contributed by atoms with E-state index in [1.165, 1.54) is 5.39 Å². The number of rotatable bonds is 2. The normalized spacial score (nSPS) is 12.7. The van der Waals surface area contributed by atoms with Gasteiger partial charge in [0.15, 0.2) is 5.01 Å². The minimum absolute atomic E-state index is 0.0355. The van der Waals surface area contributed by atoms with E-state index in [0.717, 1.165) is 11.1 Å². The van der Waals surface area contributed by atoms with Crippen molar-refractivity contribution in [2.45, 2.75) is 11.9 Å². The number of benzene rings is 2. The van der Waals surface area contributed by atoms with Gasteiger partial charge in [0.1, 0.15) is 5.75 Å². The molecule has 2 heteroatoms. The van der Waals surface area contributed by atoms with Gasteiger partial charge in [0.05, 0.1) is 0 Å². The van der Waals surface area contributed by atoms with Gasteiger partial charge in [-0.25, -0.2) is 0 Å². The van der Waals surface area contributed by atoms with Crippen LogP contribution in [0.1, 0.15) is 6.92 Å². The first kappa shape index (κ1) is 9.53. The van der Waals surface area contributed by atoms with E-state index in [4.69, 9.17) is 4.74 Å². The van der Waals surface area contributed by atoms with Crippen LogP contribution in [0.3, 0.4) is 0 Å². The summed E-state index contributed by atoms with van der Waals surface area (Å²) < 4.78 is 5.64. The number of halogens is 1. The van der Waals surface area contributed by atoms with Crippen LogP contribution in [0.4, 0.5) is 0 Å². The Morgan fingerprint density at radius 1 is 1.07 bits per heavy atom. The van der Waals surface area contributed by atoms with E-state index >= 15 is 0 Å². The molecule has 72 valence electrons. The average molecular weight is 251 g/mol. The van der Waals surface area contributed by atoms with Crippen molar-refractivity contribution in [3.8, 4) is 5.75 Å². The lowest BCUT2D eigenvalue weighted by atomic mass is 10.1. The standard InChI is InChI=1S/C12H11BrO/c1-9(13)14-12-8-4-6-10-5-2-3-7-11(10)12/h2-9H,1H3. The van der Waals surface area contributed by atoms with Crippen molar-refractivity contribution in [1.29, 1.82) is 0 Å². The van der Waals surface area contributed by atoms with Crippen LogP contribution >= 0.6 is 15.9 Å². The number of fused-ring (bicyclic) bond motifs is 1. The van der Waals surface area contributed by atoms with E-state index in [9.17, 15) is 0 Å². The fourth-order valence-electron chi connectivity index (χ4n) is 1.47. The summed E-state index contributed by atoms with van der Waals surface area (Å²) in [6, 6.07) is 14.3. The highest BCUT2D eigenvalue weighted by molar-refractivity contribution is 9.09. The van der Waals surface area contributed by atoms with Gasteiger partial charge >= 0.3 is 0 Å². The SMILES string of the molecule is CC(Br)Oc1cccc2ccccc12. The molecule has 0 bridgehead atoms. The first-order chi connectivity index (χ1) is 6.77. The van der Waals surface area contributed by atoms with Crippen molar-refractivity contribution >= 4 is 26.7 Å². The van der Waals surface area contributed by atoms with E-state index < -0.39 is 0 Å². The summed E-state index contributed by atoms with van der Waals surface area (Å²) in [5.41, 5.74) is 0. The van der Waals surface area contributed by atoms with Gasteiger partial charge in [-0.2, -0.15) is 0 Å². The molecule has 0 fully saturated rings. The Hall–Kier alpha value is -1.02. The molecule has 1 nitrogen and oxygen atoms in total. The molecular formula is C12H11BrO. The average Bonchev–Trinajstić information content (AvgIpc) is 2.18. The molecule has 0 aliphatic rings. The van der Waals surface area contributed by atoms with Crippen LogP contribution in [-0.2, 0) is 0 Å². The molecular weight excluding hydrogens is 240 g/mol. The van der Waals surface area contributed by atoms with Gasteiger partial charge < -0.3 is 4.74 Å². The third-order valence-electron chi connectivity index (χ3n) is 2.04. The van der Waals surface area contributed by atoms with E-state index in [0.29, 0.717) is 0 Å². The van der Waals surface area contributed by atoms with Crippen LogP contribution in [-0.4, -0.2) is 5.01 Å². The minimum atomic E-state index is 0.0355. The first-order valence-electron chi connectivity index (χ1n) is 4.56. The van der Waals surface area contributed by atoms with Gasteiger partial charge in [-0.1, -0.05) is 36.4 Å². The molecule has 0 N–H and O–H groups in total. The molecule has 0 saturated heterocycles. The molecule has 1 atom stereocenters. The quantitative estimate of drug-likeness (QED) is 0.734. The molecule has 2 rings (SSSR count). The van der Waals surface area contributed by atoms with E-state index in [1.54, 1.807) is 0 Å². The monoisotopic (exact) mass is 250 g/mol. The first-order valence-corrected chi connectivity index (χ1v) is 5.47. The Bertz CT molecular complexity index is 432. The van der Waals surface area contributed by atoms with Crippen molar-refractivity contribution in [1.82, 2.24) is 0 Å². The molecule has 0 aliphatic heterocycles. The largest absolute Gasteiger partial charge is 0.479 e. The van der Waals surface area contributed by atoms with Gasteiger partial charge in [-0.15, -0.1) is 0 Å². The van der Waals surface area contributed by atoms with Gasteiger partial charge in [0.25, 0.3) is 0 Å². The molecule has 14 heavy (non-hydrogen) atoms. The van der Waals surface area contributed by atoms with E-state index in [2.05, 4.69) is 34.1 Å². The summed E-state index contributed by atoms with van der Waals surface area (Å²) in [6.45, 7) is 1.96. The summed E-state index contributed by atoms with van der Waals surface area (Å²) in [5, 5.41) is 2.40. The van der Waals surface area contributed by atoms with Crippen molar-refractivity contribution in [3.05, 3.63) is 42.5 Å². The van der Waals surface area contributed by atoms with Crippen LogP contribution in [0.25, 0.3) is 10.8 Å². The summed E-state index contributed by atoms with van der Waals surface area (Å²) >= 11 is 3.37. The van der Waals surface area contributed by atoms with Crippen LogP contribution < -0.4 is 4.74 Å². The lowest BCUT2D eigenvalue weighted by molar-refractivity contribution is 0.318. The Morgan fingerprint density at radius 2 is 1.79 bits per heavy atom. The zero-order chi connectivity index (χ0) is 9.97. The number of ether oxygens (including phenoxy) is 1. The lowest BCUT2D eigenvalue weighted by Gasteiger charge is -2.10. The van der Waals surface area contributed by atoms with Crippen molar-refractivity contribution in [2.75, 3.05) is 0 Å². The van der Waals surface area contributed by atoms with Crippen molar-refractivity contribution < 1.29 is 4.74 Å². The van der Waals surface area contributed by atoms with Crippen LogP contribution in [0.15, 0.2) is 42.5 Å². The maximum absolute atomic E-state index is 5.64. The van der Waals surface area contributed by atoms with Gasteiger partial charge in [0, 0.05) is 5.39 Å². The maximum atomic E-state index is 5.64. The number of hydrogen-bond acceptors (Lipinski definition) is 1. The molecule has 2 aromatic rings. The highest BCUT2D eigenvalue weighted by Crippen LogP contribution is 2.26. The second-order valence-electron chi connectivity index (χ2n) is 3.14. The predicted octanol–water partition coefficient (Wildman–Crippen LogP) is 3.96. The summed E-state index contributed by atoms with van der Waals surface area (Å²) in [4.78, 5) is 0. The Labute approximate surface area is 91.8 Å². The smallest absolute Gasteiger partial charge is 0.150 e. The third kappa shape index (κ3) is 1.90. The zero-order valence-electron chi connectivity index (χ0n) is 7.91. The Balaban J connectivity index is 2.53. The van der Waals surface area contributed by atoms with E-state index in [1.807, 2.05) is 31.2 Å². The number of alkyl halides is 1. The molecule has 0 saturated carbocycles. The van der Waals surface area contributed by atoms with Crippen LogP contribution in [0.2, 0.25) is 0 Å². The van der Waals surface area contributed by atoms with Crippen LogP contribution in [0.5, 0.6) is 5.75 Å². The molecule has 2 aromatic carbocycles. The lowest BCUT2D eigenvalue weighted by Crippen LogP contribution is -2.01. The Morgan fingerprint density at radius 3 is 2.57 bits per heavy atom. The molecule has 0 aliphatic carbocycles. The minimum Gasteiger partial charge on any atom is -0.479 e. The zero-order valence-corrected chi connectivity index (χ0v) is 9.49. The molecule has 0 heterocycles. The molecule has 1 unspecified atom stereocenters. The topological polar surface area (TPSA) is 9.23 Å². The second-order valence-corrected chi connectivity index (χ2v) is 4.43. The molecule has 0 amide bonds. The Kier molecular flexibility index (Phi) is 2.73. The van der Waals surface area contributed by atoms with Gasteiger partial charge in [-0.3, -0.25) is 0 Å². The summed E-state index contributed by atoms with van der Waals surface area (Å²) in [5.74, 6) is 0.924. The van der Waals surface area contributed by atoms with Gasteiger partial charge in [0.2, 0.25) is 0 Å². The van der Waals surface area contributed by atoms with Gasteiger partial charge in [-0.05, 0) is 34.3 Å². The molecule has 0 radical (unpaired) electrons. The fraction of sp³-hybridized carbons (Fsp3) is 0.167. The summed E-state index contributed by atoms with van der Waals surface area (Å²) in [7, 11) is 0. The van der Waals surface area contributed by atoms with Crippen molar-refractivity contribution in [3.63, 3.8) is 0 Å². The fourth-order valence-corrected chi connectivity index (χ4v) is 1.67. The second kappa shape index (κ2) is 4.01. The predicted molar refractivity (Wildman–Crippen MR) is 63.0 cm³/mol. The van der Waals surface area contributed by atoms with E-state index in [-0.39, 0.29) is 5.01 Å². The van der Waals surface area contributed by atoms with Crippen molar-refractivity contribution in [2.24, 2.45) is 0 Å². The highest BCUT2D eigenvalue weighted by atomic mass is 79.9. The molecule has 0 aromatic heterocycles. The highest BCUT2D eigenvalue weighted by Gasteiger charge is 2.02. The maximum Gasteiger partial charge on any atom is 0.150 e. The molecule has 0 spiro atoms.